The lowest BCUT2D eigenvalue weighted by atomic mass is 10.2. The van der Waals surface area contributed by atoms with Gasteiger partial charge in [0.15, 0.2) is 0 Å². The molecule has 0 atom stereocenters. The molecule has 3 aromatic carbocycles. The van der Waals surface area contributed by atoms with Crippen LogP contribution in [0.25, 0.3) is 17.1 Å². The van der Waals surface area contributed by atoms with Gasteiger partial charge in [-0.3, -0.25) is 4.57 Å². The van der Waals surface area contributed by atoms with E-state index in [1.54, 1.807) is 75.2 Å². The third-order valence-electron chi connectivity index (χ3n) is 6.23. The molecule has 0 aliphatic rings. The van der Waals surface area contributed by atoms with Crippen molar-refractivity contribution < 1.29 is 25.9 Å². The van der Waals surface area contributed by atoms with Gasteiger partial charge in [-0.1, -0.05) is 22.2 Å². The van der Waals surface area contributed by atoms with E-state index in [1.165, 1.54) is 24.3 Å². The highest BCUT2D eigenvalue weighted by molar-refractivity contribution is 7.94. The molecule has 42 heavy (non-hydrogen) atoms. The van der Waals surface area contributed by atoms with Crippen LogP contribution < -0.4 is 9.21 Å². The van der Waals surface area contributed by atoms with E-state index in [2.05, 4.69) is 15.0 Å². The first kappa shape index (κ1) is 28.9. The zero-order chi connectivity index (χ0) is 30.1. The van der Waals surface area contributed by atoms with Crippen molar-refractivity contribution in [2.75, 3.05) is 11.6 Å². The van der Waals surface area contributed by atoms with Crippen LogP contribution in [0.5, 0.6) is 5.75 Å². The average molecular weight is 606 g/mol. The first-order chi connectivity index (χ1) is 20.0. The summed E-state index contributed by atoms with van der Waals surface area (Å²) in [7, 11) is -7.62. The minimum Gasteiger partial charge on any atom is -0.497 e. The van der Waals surface area contributed by atoms with E-state index < -0.39 is 26.1 Å². The summed E-state index contributed by atoms with van der Waals surface area (Å²) in [5.74, 6) is 0.894. The number of rotatable bonds is 9. The molecule has 0 saturated carbocycles. The summed E-state index contributed by atoms with van der Waals surface area (Å²) < 4.78 is 66.7. The molecule has 2 heterocycles. The number of aromatic nitrogens is 4. The number of benzene rings is 3. The maximum absolute atomic E-state index is 13.9. The zero-order valence-corrected chi connectivity index (χ0v) is 24.8. The summed E-state index contributed by atoms with van der Waals surface area (Å²) in [4.78, 5) is 12.3. The second-order valence-corrected chi connectivity index (χ2v) is 12.6. The van der Waals surface area contributed by atoms with Gasteiger partial charge >= 0.3 is 10.1 Å². The lowest BCUT2D eigenvalue weighted by Gasteiger charge is -2.21. The Morgan fingerprint density at radius 2 is 1.36 bits per heavy atom. The van der Waals surface area contributed by atoms with E-state index >= 15 is 0 Å². The predicted molar refractivity (Wildman–Crippen MR) is 156 cm³/mol. The van der Waals surface area contributed by atoms with Crippen LogP contribution in [-0.4, -0.2) is 43.5 Å². The van der Waals surface area contributed by atoms with Gasteiger partial charge in [0, 0.05) is 35.0 Å². The van der Waals surface area contributed by atoms with Gasteiger partial charge < -0.3 is 4.74 Å². The monoisotopic (exact) mass is 605 g/mol. The number of imidazole rings is 1. The smallest absolute Gasteiger partial charge is 0.318 e. The highest BCUT2D eigenvalue weighted by Gasteiger charge is 2.34. The van der Waals surface area contributed by atoms with Gasteiger partial charge in [-0.25, -0.2) is 15.0 Å². The van der Waals surface area contributed by atoms with Gasteiger partial charge in [-0.15, -0.1) is 4.28 Å². The van der Waals surface area contributed by atoms with Crippen LogP contribution in [0.3, 0.4) is 0 Å². The second kappa shape index (κ2) is 11.4. The van der Waals surface area contributed by atoms with E-state index in [4.69, 9.17) is 9.02 Å². The third-order valence-corrected chi connectivity index (χ3v) is 9.06. The lowest BCUT2D eigenvalue weighted by molar-refractivity contribution is 0.329. The lowest BCUT2D eigenvalue weighted by Crippen LogP contribution is -2.35. The van der Waals surface area contributed by atoms with E-state index in [1.807, 2.05) is 24.3 Å². The topological polar surface area (TPSA) is 134 Å². The Morgan fingerprint density at radius 1 is 0.762 bits per heavy atom. The quantitative estimate of drug-likeness (QED) is 0.218. The van der Waals surface area contributed by atoms with Gasteiger partial charge in [0.25, 0.3) is 16.0 Å². The first-order valence-corrected chi connectivity index (χ1v) is 15.5. The highest BCUT2D eigenvalue weighted by atomic mass is 32.2. The SMILES string of the molecule is COc1ccc(-c2nccn2-c2ccc(S(=O)(=O)N(OS(=O)(=O)c3ccc(C)cc3)c3nc(C)cc(C)n3)cc2)cc1. The number of hydrogen-bond donors (Lipinski definition) is 0. The molecule has 0 N–H and O–H groups in total. The van der Waals surface area contributed by atoms with Crippen molar-refractivity contribution in [3.63, 3.8) is 0 Å². The van der Waals surface area contributed by atoms with Crippen LogP contribution in [0.2, 0.25) is 0 Å². The van der Waals surface area contributed by atoms with Crippen LogP contribution in [0, 0.1) is 20.8 Å². The fourth-order valence-electron chi connectivity index (χ4n) is 4.15. The molecule has 0 unspecified atom stereocenters. The Morgan fingerprint density at radius 3 is 1.95 bits per heavy atom. The van der Waals surface area contributed by atoms with E-state index in [0.717, 1.165) is 11.1 Å². The minimum atomic E-state index is -4.62. The van der Waals surface area contributed by atoms with Gasteiger partial charge in [0.05, 0.1) is 16.9 Å². The standard InChI is InChI=1S/C29H27N5O6S2/c1-20-5-13-27(14-6-20)42(37,38)40-34(29-31-21(2)19-22(3)32-29)41(35,36)26-15-9-24(10-16-26)33-18-17-30-28(33)23-7-11-25(39-4)12-8-23/h5-19H,1-4H3. The summed E-state index contributed by atoms with van der Waals surface area (Å²) in [6.07, 6.45) is 3.38. The molecule has 0 amide bonds. The Labute approximate surface area is 244 Å². The normalized spacial score (nSPS) is 11.8. The van der Waals surface area contributed by atoms with Crippen molar-refractivity contribution in [2.24, 2.45) is 0 Å². The van der Waals surface area contributed by atoms with Crippen LogP contribution in [0.15, 0.2) is 101 Å². The minimum absolute atomic E-state index is 0.223. The molecule has 5 aromatic rings. The van der Waals surface area contributed by atoms with Gasteiger partial charge in [-0.2, -0.15) is 16.8 Å². The summed E-state index contributed by atoms with van der Waals surface area (Å²) in [5, 5.41) is 0. The molecular weight excluding hydrogens is 578 g/mol. The third kappa shape index (κ3) is 5.88. The molecule has 0 radical (unpaired) electrons. The molecule has 0 spiro atoms. The Kier molecular flexibility index (Phi) is 7.82. The summed E-state index contributed by atoms with van der Waals surface area (Å²) in [6.45, 7) is 5.07. The summed E-state index contributed by atoms with van der Waals surface area (Å²) in [6, 6.07) is 20.7. The molecule has 0 aliphatic heterocycles. The number of hydrogen-bond acceptors (Lipinski definition) is 9. The van der Waals surface area contributed by atoms with Gasteiger partial charge in [0.1, 0.15) is 11.6 Å². The number of aryl methyl sites for hydroxylation is 3. The summed E-state index contributed by atoms with van der Waals surface area (Å²) in [5.41, 5.74) is 3.13. The molecule has 216 valence electrons. The largest absolute Gasteiger partial charge is 0.497 e. The van der Waals surface area contributed by atoms with E-state index in [9.17, 15) is 16.8 Å². The molecule has 0 saturated heterocycles. The molecule has 13 heteroatoms. The first-order valence-electron chi connectivity index (χ1n) is 12.6. The van der Waals surface area contributed by atoms with Crippen molar-refractivity contribution in [3.05, 3.63) is 108 Å². The maximum Gasteiger partial charge on any atom is 0.318 e. The van der Waals surface area contributed by atoms with Crippen molar-refractivity contribution in [2.45, 2.75) is 30.6 Å². The second-order valence-electron chi connectivity index (χ2n) is 9.37. The average Bonchev–Trinajstić information content (AvgIpc) is 3.46. The molecule has 0 aliphatic carbocycles. The zero-order valence-electron chi connectivity index (χ0n) is 23.2. The molecular formula is C29H27N5O6S2. The molecule has 2 aromatic heterocycles. The van der Waals surface area contributed by atoms with Crippen LogP contribution >= 0.6 is 0 Å². The number of nitrogens with zero attached hydrogens (tertiary/aromatic N) is 5. The molecule has 0 fully saturated rings. The van der Waals surface area contributed by atoms with Crippen LogP contribution in [0.1, 0.15) is 17.0 Å². The Balaban J connectivity index is 1.53. The van der Waals surface area contributed by atoms with E-state index in [0.29, 0.717) is 28.6 Å². The number of ether oxygens (including phenoxy) is 1. The van der Waals surface area contributed by atoms with Crippen molar-refractivity contribution in [3.8, 4) is 22.8 Å². The van der Waals surface area contributed by atoms with Gasteiger partial charge in [0.2, 0.25) is 0 Å². The fraction of sp³-hybridized carbons (Fsp3) is 0.138. The fourth-order valence-corrected chi connectivity index (χ4v) is 6.48. The molecule has 5 rings (SSSR count). The Bertz CT molecular complexity index is 1920. The van der Waals surface area contributed by atoms with Crippen LogP contribution in [0.4, 0.5) is 5.95 Å². The van der Waals surface area contributed by atoms with E-state index in [-0.39, 0.29) is 14.3 Å². The van der Waals surface area contributed by atoms with Gasteiger partial charge in [-0.05, 0) is 87.5 Å². The van der Waals surface area contributed by atoms with Crippen molar-refractivity contribution in [1.82, 2.24) is 19.5 Å². The van der Waals surface area contributed by atoms with Crippen molar-refractivity contribution in [1.29, 1.82) is 0 Å². The predicted octanol–water partition coefficient (Wildman–Crippen LogP) is 4.78. The van der Waals surface area contributed by atoms with Crippen molar-refractivity contribution >= 4 is 26.1 Å². The highest BCUT2D eigenvalue weighted by Crippen LogP contribution is 2.28. The molecule has 11 nitrogen and oxygen atoms in total. The molecule has 0 bridgehead atoms. The number of sulfonamides is 1. The Hall–Kier alpha value is -4.59. The number of anilines is 1. The van der Waals surface area contributed by atoms with Crippen LogP contribution in [-0.2, 0) is 24.4 Å². The number of methoxy groups -OCH3 is 1. The maximum atomic E-state index is 13.9. The summed E-state index contributed by atoms with van der Waals surface area (Å²) >= 11 is 0.